The Balaban J connectivity index is 2.07. The van der Waals surface area contributed by atoms with E-state index in [1.54, 1.807) is 11.3 Å². The standard InChI is InChI=1S/C13H20N2O3S/c1-13(2,3)10-8-19-11(14-10)6-15-4-5-18-7-9(15)12(16)17/h8-9H,4-7H2,1-3H3,(H,16,17). The van der Waals surface area contributed by atoms with E-state index in [0.29, 0.717) is 19.7 Å². The summed E-state index contributed by atoms with van der Waals surface area (Å²) in [6.07, 6.45) is 0. The minimum Gasteiger partial charge on any atom is -0.480 e. The first kappa shape index (κ1) is 14.4. The molecule has 1 aliphatic heterocycles. The second-order valence-electron chi connectivity index (χ2n) is 5.78. The topological polar surface area (TPSA) is 62.7 Å². The highest BCUT2D eigenvalue weighted by Gasteiger charge is 2.30. The molecule has 0 radical (unpaired) electrons. The van der Waals surface area contributed by atoms with Crippen LogP contribution in [0, 0.1) is 0 Å². The van der Waals surface area contributed by atoms with Gasteiger partial charge in [-0.3, -0.25) is 9.69 Å². The molecule has 2 rings (SSSR count). The van der Waals surface area contributed by atoms with Gasteiger partial charge in [-0.25, -0.2) is 4.98 Å². The molecular formula is C13H20N2O3S. The van der Waals surface area contributed by atoms with E-state index in [1.807, 2.05) is 4.90 Å². The van der Waals surface area contributed by atoms with Crippen LogP contribution in [0.4, 0.5) is 0 Å². The molecule has 0 saturated carbocycles. The first-order chi connectivity index (χ1) is 8.88. The highest BCUT2D eigenvalue weighted by atomic mass is 32.1. The van der Waals surface area contributed by atoms with Gasteiger partial charge in [0.25, 0.3) is 0 Å². The fourth-order valence-corrected chi connectivity index (χ4v) is 3.00. The number of nitrogens with zero attached hydrogens (tertiary/aromatic N) is 2. The summed E-state index contributed by atoms with van der Waals surface area (Å²) in [5, 5.41) is 12.2. The van der Waals surface area contributed by atoms with Gasteiger partial charge in [-0.05, 0) is 0 Å². The third-order valence-corrected chi connectivity index (χ3v) is 4.02. The lowest BCUT2D eigenvalue weighted by molar-refractivity contribution is -0.150. The molecule has 0 bridgehead atoms. The quantitative estimate of drug-likeness (QED) is 0.916. The first-order valence-electron chi connectivity index (χ1n) is 6.37. The minimum absolute atomic E-state index is 0.0337. The van der Waals surface area contributed by atoms with Crippen molar-refractivity contribution in [3.05, 3.63) is 16.1 Å². The zero-order chi connectivity index (χ0) is 14.0. The maximum Gasteiger partial charge on any atom is 0.323 e. The highest BCUT2D eigenvalue weighted by molar-refractivity contribution is 7.09. The van der Waals surface area contributed by atoms with Gasteiger partial charge in [0.1, 0.15) is 11.0 Å². The van der Waals surface area contributed by atoms with Gasteiger partial charge < -0.3 is 9.84 Å². The van der Waals surface area contributed by atoms with Crippen LogP contribution < -0.4 is 0 Å². The lowest BCUT2D eigenvalue weighted by atomic mass is 9.93. The van der Waals surface area contributed by atoms with Gasteiger partial charge >= 0.3 is 5.97 Å². The zero-order valence-corrected chi connectivity index (χ0v) is 12.4. The van der Waals surface area contributed by atoms with Crippen molar-refractivity contribution in [1.82, 2.24) is 9.88 Å². The number of carboxylic acids is 1. The predicted molar refractivity (Wildman–Crippen MR) is 73.5 cm³/mol. The number of hydrogen-bond donors (Lipinski definition) is 1. The molecule has 0 spiro atoms. The van der Waals surface area contributed by atoms with Gasteiger partial charge in [0.05, 0.1) is 25.5 Å². The molecule has 5 nitrogen and oxygen atoms in total. The zero-order valence-electron chi connectivity index (χ0n) is 11.5. The van der Waals surface area contributed by atoms with Crippen LogP contribution in [-0.4, -0.2) is 46.8 Å². The molecule has 1 fully saturated rings. The maximum absolute atomic E-state index is 11.2. The summed E-state index contributed by atoms with van der Waals surface area (Å²) in [7, 11) is 0. The van der Waals surface area contributed by atoms with Crippen molar-refractivity contribution in [3.63, 3.8) is 0 Å². The molecule has 1 aliphatic rings. The number of carboxylic acid groups (broad SMARTS) is 1. The third kappa shape index (κ3) is 3.52. The van der Waals surface area contributed by atoms with Gasteiger partial charge in [0.2, 0.25) is 0 Å². The van der Waals surface area contributed by atoms with Crippen LogP contribution in [0.25, 0.3) is 0 Å². The van der Waals surface area contributed by atoms with E-state index in [0.717, 1.165) is 10.7 Å². The largest absolute Gasteiger partial charge is 0.480 e. The number of hydrogen-bond acceptors (Lipinski definition) is 5. The Kier molecular flexibility index (Phi) is 4.23. The smallest absolute Gasteiger partial charge is 0.323 e. The number of ether oxygens (including phenoxy) is 1. The van der Waals surface area contributed by atoms with E-state index in [-0.39, 0.29) is 12.0 Å². The maximum atomic E-state index is 11.2. The van der Waals surface area contributed by atoms with Crippen LogP contribution >= 0.6 is 11.3 Å². The number of thiazole rings is 1. The Bertz CT molecular complexity index is 453. The molecular weight excluding hydrogens is 264 g/mol. The molecule has 1 aromatic rings. The lowest BCUT2D eigenvalue weighted by Crippen LogP contribution is -2.49. The number of morpholine rings is 1. The van der Waals surface area contributed by atoms with Crippen molar-refractivity contribution in [2.45, 2.75) is 38.8 Å². The Morgan fingerprint density at radius 1 is 1.63 bits per heavy atom. The fourth-order valence-electron chi connectivity index (χ4n) is 1.96. The van der Waals surface area contributed by atoms with Gasteiger partial charge in [0, 0.05) is 17.3 Å². The van der Waals surface area contributed by atoms with Crippen molar-refractivity contribution < 1.29 is 14.6 Å². The Hall–Kier alpha value is -0.980. The van der Waals surface area contributed by atoms with E-state index < -0.39 is 12.0 Å². The summed E-state index contributed by atoms with van der Waals surface area (Å²) < 4.78 is 5.23. The van der Waals surface area contributed by atoms with Crippen molar-refractivity contribution in [2.75, 3.05) is 19.8 Å². The van der Waals surface area contributed by atoms with E-state index in [2.05, 4.69) is 31.1 Å². The van der Waals surface area contributed by atoms with Crippen LogP contribution in [-0.2, 0) is 21.5 Å². The van der Waals surface area contributed by atoms with Crippen molar-refractivity contribution in [1.29, 1.82) is 0 Å². The van der Waals surface area contributed by atoms with Crippen LogP contribution in [0.5, 0.6) is 0 Å². The molecule has 0 aromatic carbocycles. The highest BCUT2D eigenvalue weighted by Crippen LogP contribution is 2.25. The molecule has 1 N–H and O–H groups in total. The molecule has 1 unspecified atom stereocenters. The second kappa shape index (κ2) is 5.56. The van der Waals surface area contributed by atoms with Crippen molar-refractivity contribution in [2.24, 2.45) is 0 Å². The van der Waals surface area contributed by atoms with Crippen LogP contribution in [0.3, 0.4) is 0 Å². The average Bonchev–Trinajstić information content (AvgIpc) is 2.77. The summed E-state index contributed by atoms with van der Waals surface area (Å²) in [6.45, 7) is 8.44. The predicted octanol–water partition coefficient (Wildman–Crippen LogP) is 1.73. The molecule has 1 aromatic heterocycles. The summed E-state index contributed by atoms with van der Waals surface area (Å²) >= 11 is 1.60. The lowest BCUT2D eigenvalue weighted by Gasteiger charge is -2.31. The van der Waals surface area contributed by atoms with Crippen molar-refractivity contribution in [3.8, 4) is 0 Å². The molecule has 1 atom stereocenters. The number of aromatic nitrogens is 1. The molecule has 2 heterocycles. The Morgan fingerprint density at radius 2 is 2.37 bits per heavy atom. The van der Waals surface area contributed by atoms with E-state index in [1.165, 1.54) is 0 Å². The number of carbonyl (C=O) groups is 1. The number of aliphatic carboxylic acids is 1. The average molecular weight is 284 g/mol. The molecule has 19 heavy (non-hydrogen) atoms. The normalized spacial score (nSPS) is 21.5. The molecule has 0 amide bonds. The van der Waals surface area contributed by atoms with Crippen molar-refractivity contribution >= 4 is 17.3 Å². The first-order valence-corrected chi connectivity index (χ1v) is 7.25. The van der Waals surface area contributed by atoms with Gasteiger partial charge in [-0.2, -0.15) is 0 Å². The summed E-state index contributed by atoms with van der Waals surface area (Å²) in [5.74, 6) is -0.827. The Morgan fingerprint density at radius 3 is 2.95 bits per heavy atom. The van der Waals surface area contributed by atoms with E-state index in [4.69, 9.17) is 4.74 Å². The monoisotopic (exact) mass is 284 g/mol. The minimum atomic E-state index is -0.827. The molecule has 6 heteroatoms. The summed E-state index contributed by atoms with van der Waals surface area (Å²) in [5.41, 5.74) is 1.10. The van der Waals surface area contributed by atoms with E-state index >= 15 is 0 Å². The second-order valence-corrected chi connectivity index (χ2v) is 6.72. The van der Waals surface area contributed by atoms with Crippen LogP contribution in [0.15, 0.2) is 5.38 Å². The Labute approximate surface area is 117 Å². The SMILES string of the molecule is CC(C)(C)c1csc(CN2CCOCC2C(=O)O)n1. The fraction of sp³-hybridized carbons (Fsp3) is 0.692. The molecule has 106 valence electrons. The third-order valence-electron chi connectivity index (χ3n) is 3.18. The van der Waals surface area contributed by atoms with Gasteiger partial charge in [-0.1, -0.05) is 20.8 Å². The number of rotatable bonds is 3. The van der Waals surface area contributed by atoms with Crippen LogP contribution in [0.2, 0.25) is 0 Å². The molecule has 1 saturated heterocycles. The molecule has 0 aliphatic carbocycles. The van der Waals surface area contributed by atoms with Crippen LogP contribution in [0.1, 0.15) is 31.5 Å². The van der Waals surface area contributed by atoms with Gasteiger partial charge in [-0.15, -0.1) is 11.3 Å². The van der Waals surface area contributed by atoms with Gasteiger partial charge in [0.15, 0.2) is 0 Å². The summed E-state index contributed by atoms with van der Waals surface area (Å²) in [6, 6.07) is -0.560. The van der Waals surface area contributed by atoms with E-state index in [9.17, 15) is 9.90 Å². The summed E-state index contributed by atoms with van der Waals surface area (Å²) in [4.78, 5) is 17.7.